The van der Waals surface area contributed by atoms with Crippen LogP contribution >= 0.6 is 0 Å². The Kier molecular flexibility index (Phi) is 7.02. The second kappa shape index (κ2) is 10.3. The number of piperidine rings is 1. The summed E-state index contributed by atoms with van der Waals surface area (Å²) >= 11 is 0. The molecule has 2 saturated heterocycles. The first-order valence-electron chi connectivity index (χ1n) is 11.1. The van der Waals surface area contributed by atoms with Crippen molar-refractivity contribution < 1.29 is 14.3 Å². The first-order valence-corrected chi connectivity index (χ1v) is 11.1. The van der Waals surface area contributed by atoms with Crippen LogP contribution in [-0.2, 0) is 11.3 Å². The summed E-state index contributed by atoms with van der Waals surface area (Å²) in [7, 11) is 0. The lowest BCUT2D eigenvalue weighted by molar-refractivity contribution is 0.0801. The van der Waals surface area contributed by atoms with Crippen LogP contribution in [0.1, 0.15) is 41.6 Å². The molecule has 1 aromatic heterocycles. The quantitative estimate of drug-likeness (QED) is 0.772. The average Bonchev–Trinajstić information content (AvgIpc) is 3.37. The Hall–Kier alpha value is -3.09. The van der Waals surface area contributed by atoms with Gasteiger partial charge in [0.05, 0.1) is 0 Å². The van der Waals surface area contributed by atoms with E-state index in [9.17, 15) is 9.59 Å². The van der Waals surface area contributed by atoms with Gasteiger partial charge in [-0.15, -0.1) is 0 Å². The Morgan fingerprint density at radius 1 is 1.03 bits per heavy atom. The summed E-state index contributed by atoms with van der Waals surface area (Å²) in [6, 6.07) is 13.3. The maximum Gasteiger partial charge on any atom is 0.410 e. The molecule has 4 rings (SSSR count). The van der Waals surface area contributed by atoms with Crippen molar-refractivity contribution in [1.82, 2.24) is 15.2 Å². The molecule has 0 aliphatic carbocycles. The van der Waals surface area contributed by atoms with Gasteiger partial charge in [0.1, 0.15) is 12.4 Å². The fourth-order valence-electron chi connectivity index (χ4n) is 4.15. The molecule has 31 heavy (non-hydrogen) atoms. The van der Waals surface area contributed by atoms with Crippen LogP contribution in [0.2, 0.25) is 0 Å². The molecule has 0 atom stereocenters. The maximum atomic E-state index is 12.6. The predicted molar refractivity (Wildman–Crippen MR) is 119 cm³/mol. The van der Waals surface area contributed by atoms with Gasteiger partial charge in [-0.25, -0.2) is 9.78 Å². The molecule has 0 spiro atoms. The number of nitrogens with zero attached hydrogens (tertiary/aromatic N) is 3. The molecule has 1 N–H and O–H groups in total. The van der Waals surface area contributed by atoms with E-state index in [1.54, 1.807) is 17.2 Å². The average molecular weight is 423 g/mol. The molecule has 0 saturated carbocycles. The van der Waals surface area contributed by atoms with Gasteiger partial charge in [0, 0.05) is 44.5 Å². The van der Waals surface area contributed by atoms with Gasteiger partial charge in [-0.3, -0.25) is 4.79 Å². The van der Waals surface area contributed by atoms with Crippen LogP contribution in [0.5, 0.6) is 0 Å². The Morgan fingerprint density at radius 2 is 1.77 bits per heavy atom. The van der Waals surface area contributed by atoms with E-state index in [2.05, 4.69) is 15.2 Å². The zero-order valence-electron chi connectivity index (χ0n) is 17.8. The number of likely N-dealkylation sites (tertiary alicyclic amines) is 1. The highest BCUT2D eigenvalue weighted by molar-refractivity contribution is 5.94. The second-order valence-corrected chi connectivity index (χ2v) is 8.28. The van der Waals surface area contributed by atoms with E-state index in [-0.39, 0.29) is 12.0 Å². The normalized spacial score (nSPS) is 16.9. The first-order chi connectivity index (χ1) is 15.2. The summed E-state index contributed by atoms with van der Waals surface area (Å²) < 4.78 is 5.42. The van der Waals surface area contributed by atoms with Gasteiger partial charge in [0.15, 0.2) is 0 Å². The predicted octanol–water partition coefficient (Wildman–Crippen LogP) is 3.46. The Morgan fingerprint density at radius 3 is 2.52 bits per heavy atom. The molecule has 0 unspecified atom stereocenters. The highest BCUT2D eigenvalue weighted by atomic mass is 16.6. The van der Waals surface area contributed by atoms with Crippen molar-refractivity contribution in [2.24, 2.45) is 5.92 Å². The molecule has 2 aliphatic heterocycles. The minimum atomic E-state index is -0.266. The molecule has 3 heterocycles. The molecule has 2 fully saturated rings. The Balaban J connectivity index is 1.19. The maximum absolute atomic E-state index is 12.6. The lowest BCUT2D eigenvalue weighted by Gasteiger charge is -2.31. The van der Waals surface area contributed by atoms with E-state index >= 15 is 0 Å². The topological polar surface area (TPSA) is 74.8 Å². The number of pyridine rings is 1. The number of hydrogen-bond donors (Lipinski definition) is 1. The van der Waals surface area contributed by atoms with E-state index in [0.717, 1.165) is 37.3 Å². The molecule has 164 valence electrons. The second-order valence-electron chi connectivity index (χ2n) is 8.28. The third kappa shape index (κ3) is 5.75. The van der Waals surface area contributed by atoms with E-state index < -0.39 is 0 Å². The number of carbonyl (C=O) groups excluding carboxylic acids is 2. The molecule has 2 amide bonds. The van der Waals surface area contributed by atoms with Crippen molar-refractivity contribution in [1.29, 1.82) is 0 Å². The van der Waals surface area contributed by atoms with Crippen LogP contribution in [0.4, 0.5) is 10.6 Å². The van der Waals surface area contributed by atoms with Crippen LogP contribution in [0.25, 0.3) is 0 Å². The number of rotatable bonds is 6. The smallest absolute Gasteiger partial charge is 0.410 e. The van der Waals surface area contributed by atoms with Crippen LogP contribution in [0, 0.1) is 5.92 Å². The number of nitrogens with one attached hydrogen (secondary N) is 1. The molecule has 0 radical (unpaired) electrons. The number of anilines is 1. The molecule has 2 aliphatic rings. The summed E-state index contributed by atoms with van der Waals surface area (Å²) in [6.45, 7) is 4.23. The summed E-state index contributed by atoms with van der Waals surface area (Å²) in [5.74, 6) is 1.18. The number of carbonyl (C=O) groups is 2. The monoisotopic (exact) mass is 422 g/mol. The van der Waals surface area contributed by atoms with Crippen molar-refractivity contribution in [2.75, 3.05) is 37.6 Å². The summed E-state index contributed by atoms with van der Waals surface area (Å²) in [5, 5.41) is 3.06. The van der Waals surface area contributed by atoms with Crippen LogP contribution in [-0.4, -0.2) is 54.6 Å². The lowest BCUT2D eigenvalue weighted by atomic mass is 9.97. The van der Waals surface area contributed by atoms with Crippen molar-refractivity contribution in [3.05, 3.63) is 59.8 Å². The van der Waals surface area contributed by atoms with E-state index in [0.29, 0.717) is 37.7 Å². The van der Waals surface area contributed by atoms with Gasteiger partial charge in [0.2, 0.25) is 0 Å². The molecular weight excluding hydrogens is 392 g/mol. The van der Waals surface area contributed by atoms with E-state index in [1.165, 1.54) is 12.8 Å². The lowest BCUT2D eigenvalue weighted by Crippen LogP contribution is -2.41. The summed E-state index contributed by atoms with van der Waals surface area (Å²) in [4.78, 5) is 33.3. The minimum Gasteiger partial charge on any atom is -0.445 e. The van der Waals surface area contributed by atoms with Crippen molar-refractivity contribution >= 4 is 17.8 Å². The molecule has 1 aromatic carbocycles. The molecule has 2 aromatic rings. The Bertz CT molecular complexity index is 875. The summed E-state index contributed by atoms with van der Waals surface area (Å²) in [6.07, 6.45) is 5.51. The number of benzene rings is 1. The standard InChI is InChI=1S/C24H30N4O3/c29-23(21-8-11-25-22(16-21)27-12-4-5-13-27)26-17-19-9-14-28(15-10-19)24(30)31-18-20-6-2-1-3-7-20/h1-3,6-8,11,16,19H,4-5,9-10,12-15,17-18H2,(H,26,29). The van der Waals surface area contributed by atoms with Crippen molar-refractivity contribution in [3.63, 3.8) is 0 Å². The van der Waals surface area contributed by atoms with Crippen LogP contribution in [0.15, 0.2) is 48.7 Å². The van der Waals surface area contributed by atoms with Crippen molar-refractivity contribution in [3.8, 4) is 0 Å². The van der Waals surface area contributed by atoms with Gasteiger partial charge in [0.25, 0.3) is 5.91 Å². The first kappa shape index (κ1) is 21.2. The zero-order valence-corrected chi connectivity index (χ0v) is 17.8. The SMILES string of the molecule is O=C(NCC1CCN(C(=O)OCc2ccccc2)CC1)c1ccnc(N2CCCC2)c1. The minimum absolute atomic E-state index is 0.0625. The van der Waals surface area contributed by atoms with Gasteiger partial charge in [-0.05, 0) is 49.3 Å². The number of hydrogen-bond acceptors (Lipinski definition) is 5. The fourth-order valence-corrected chi connectivity index (χ4v) is 4.15. The third-order valence-electron chi connectivity index (χ3n) is 6.07. The fraction of sp³-hybridized carbons (Fsp3) is 0.458. The highest BCUT2D eigenvalue weighted by Gasteiger charge is 2.24. The largest absolute Gasteiger partial charge is 0.445 e. The zero-order chi connectivity index (χ0) is 21.5. The number of amides is 2. The highest BCUT2D eigenvalue weighted by Crippen LogP contribution is 2.20. The van der Waals surface area contributed by atoms with Gasteiger partial charge < -0.3 is 19.9 Å². The van der Waals surface area contributed by atoms with E-state index in [4.69, 9.17) is 4.74 Å². The summed E-state index contributed by atoms with van der Waals surface area (Å²) in [5.41, 5.74) is 1.64. The van der Waals surface area contributed by atoms with Crippen LogP contribution < -0.4 is 10.2 Å². The third-order valence-corrected chi connectivity index (χ3v) is 6.07. The van der Waals surface area contributed by atoms with Gasteiger partial charge in [-0.2, -0.15) is 0 Å². The Labute approximate surface area is 183 Å². The van der Waals surface area contributed by atoms with E-state index in [1.807, 2.05) is 36.4 Å². The van der Waals surface area contributed by atoms with Gasteiger partial charge >= 0.3 is 6.09 Å². The number of aromatic nitrogens is 1. The molecular formula is C24H30N4O3. The molecule has 0 bridgehead atoms. The molecule has 7 heteroatoms. The molecule has 7 nitrogen and oxygen atoms in total. The van der Waals surface area contributed by atoms with Crippen LogP contribution in [0.3, 0.4) is 0 Å². The van der Waals surface area contributed by atoms with Gasteiger partial charge in [-0.1, -0.05) is 30.3 Å². The van der Waals surface area contributed by atoms with Crippen molar-refractivity contribution in [2.45, 2.75) is 32.3 Å². The number of ether oxygens (including phenoxy) is 1.